The highest BCUT2D eigenvalue weighted by Crippen LogP contribution is 2.36. The Morgan fingerprint density at radius 2 is 1.68 bits per heavy atom. The first-order chi connectivity index (χ1) is 13.2. The Morgan fingerprint density at radius 1 is 1.07 bits per heavy atom. The summed E-state index contributed by atoms with van der Waals surface area (Å²) < 4.78 is 5.28. The minimum atomic E-state index is -0.932. The highest BCUT2D eigenvalue weighted by molar-refractivity contribution is 5.84. The molecule has 0 spiro atoms. The number of benzene rings is 1. The molecule has 0 bridgehead atoms. The molecule has 3 N–H and O–H groups in total. The summed E-state index contributed by atoms with van der Waals surface area (Å²) in [6.07, 6.45) is 3.18. The normalized spacial score (nSPS) is 23.5. The number of likely N-dealkylation sites (tertiary alicyclic amines) is 1. The van der Waals surface area contributed by atoms with Gasteiger partial charge in [-0.05, 0) is 70.1 Å². The molecule has 1 saturated carbocycles. The molecule has 0 unspecified atom stereocenters. The standard InChI is InChI=1S/C21H31N3O4/c1-21(2,3)28-20(27)23-16-8-4-14(5-9-16)15-6-10-18(11-7-15)24-12-17(13-24)22-19(25)26/h4-5,8-9,15,17-18,22H,6-7,10-13H2,1-3H3,(H,23,27)(H,25,26). The smallest absolute Gasteiger partial charge is 0.412 e. The van der Waals surface area contributed by atoms with E-state index in [-0.39, 0.29) is 6.04 Å². The summed E-state index contributed by atoms with van der Waals surface area (Å²) in [4.78, 5) is 24.9. The Kier molecular flexibility index (Phi) is 6.13. The van der Waals surface area contributed by atoms with Gasteiger partial charge in [0.05, 0.1) is 6.04 Å². The van der Waals surface area contributed by atoms with Gasteiger partial charge in [0.25, 0.3) is 0 Å². The van der Waals surface area contributed by atoms with Crippen LogP contribution in [-0.4, -0.2) is 53.0 Å². The Morgan fingerprint density at radius 3 is 2.21 bits per heavy atom. The van der Waals surface area contributed by atoms with Crippen molar-refractivity contribution in [3.63, 3.8) is 0 Å². The third-order valence-corrected chi connectivity index (χ3v) is 5.48. The van der Waals surface area contributed by atoms with Crippen LogP contribution < -0.4 is 10.6 Å². The average molecular weight is 389 g/mol. The van der Waals surface area contributed by atoms with Crippen molar-refractivity contribution in [2.24, 2.45) is 0 Å². The molecule has 0 aromatic heterocycles. The van der Waals surface area contributed by atoms with Crippen LogP contribution in [0, 0.1) is 0 Å². The maximum absolute atomic E-state index is 11.9. The first kappa shape index (κ1) is 20.5. The molecule has 154 valence electrons. The Labute approximate surface area is 166 Å². The SMILES string of the molecule is CC(C)(C)OC(=O)Nc1ccc(C2CCC(N3CC(NC(=O)O)C3)CC2)cc1. The quantitative estimate of drug-likeness (QED) is 0.724. The number of hydrogen-bond donors (Lipinski definition) is 3. The molecule has 2 aliphatic rings. The molecule has 7 heteroatoms. The van der Waals surface area contributed by atoms with Gasteiger partial charge in [0.15, 0.2) is 0 Å². The van der Waals surface area contributed by atoms with Gasteiger partial charge in [-0.25, -0.2) is 9.59 Å². The summed E-state index contributed by atoms with van der Waals surface area (Å²) in [5.74, 6) is 0.543. The molecule has 1 heterocycles. The summed E-state index contributed by atoms with van der Waals surface area (Å²) in [5.41, 5.74) is 1.54. The van der Waals surface area contributed by atoms with Crippen LogP contribution in [0.25, 0.3) is 0 Å². The highest BCUT2D eigenvalue weighted by Gasteiger charge is 2.35. The van der Waals surface area contributed by atoms with Gasteiger partial charge >= 0.3 is 12.2 Å². The fourth-order valence-corrected chi connectivity index (χ4v) is 4.11. The van der Waals surface area contributed by atoms with E-state index in [1.165, 1.54) is 5.56 Å². The fraction of sp³-hybridized carbons (Fsp3) is 0.619. The number of nitrogens with zero attached hydrogens (tertiary/aromatic N) is 1. The summed E-state index contributed by atoms with van der Waals surface area (Å²) in [6.45, 7) is 7.18. The minimum Gasteiger partial charge on any atom is -0.465 e. The Hall–Kier alpha value is -2.28. The second-order valence-corrected chi connectivity index (χ2v) is 8.85. The number of rotatable bonds is 4. The molecule has 1 aliphatic carbocycles. The van der Waals surface area contributed by atoms with Crippen molar-refractivity contribution in [1.82, 2.24) is 10.2 Å². The predicted octanol–water partition coefficient (Wildman–Crippen LogP) is 4.01. The maximum Gasteiger partial charge on any atom is 0.412 e. The number of carbonyl (C=O) groups is 2. The third-order valence-electron chi connectivity index (χ3n) is 5.48. The van der Waals surface area contributed by atoms with E-state index in [2.05, 4.69) is 27.7 Å². The molecule has 28 heavy (non-hydrogen) atoms. The lowest BCUT2D eigenvalue weighted by molar-refractivity contribution is 0.0531. The van der Waals surface area contributed by atoms with Crippen molar-refractivity contribution >= 4 is 17.9 Å². The van der Waals surface area contributed by atoms with E-state index in [0.29, 0.717) is 12.0 Å². The van der Waals surface area contributed by atoms with Gasteiger partial charge in [-0.3, -0.25) is 10.2 Å². The largest absolute Gasteiger partial charge is 0.465 e. The number of nitrogens with one attached hydrogen (secondary N) is 2. The lowest BCUT2D eigenvalue weighted by atomic mass is 9.80. The Bertz CT molecular complexity index is 685. The molecule has 0 radical (unpaired) electrons. The second-order valence-electron chi connectivity index (χ2n) is 8.85. The van der Waals surface area contributed by atoms with E-state index in [0.717, 1.165) is 44.5 Å². The fourth-order valence-electron chi connectivity index (χ4n) is 4.11. The van der Waals surface area contributed by atoms with Gasteiger partial charge in [-0.15, -0.1) is 0 Å². The number of ether oxygens (including phenoxy) is 1. The highest BCUT2D eigenvalue weighted by atomic mass is 16.6. The van der Waals surface area contributed by atoms with Crippen LogP contribution >= 0.6 is 0 Å². The zero-order valence-corrected chi connectivity index (χ0v) is 16.9. The molecule has 2 amide bonds. The van der Waals surface area contributed by atoms with E-state index < -0.39 is 17.8 Å². The van der Waals surface area contributed by atoms with E-state index in [4.69, 9.17) is 9.84 Å². The van der Waals surface area contributed by atoms with E-state index in [1.807, 2.05) is 32.9 Å². The molecule has 1 aliphatic heterocycles. The lowest BCUT2D eigenvalue weighted by Crippen LogP contribution is -2.62. The summed E-state index contributed by atoms with van der Waals surface area (Å²) in [5, 5.41) is 14.1. The zero-order valence-electron chi connectivity index (χ0n) is 16.9. The van der Waals surface area contributed by atoms with E-state index in [9.17, 15) is 9.59 Å². The van der Waals surface area contributed by atoms with Crippen LogP contribution in [0.3, 0.4) is 0 Å². The van der Waals surface area contributed by atoms with Gasteiger partial charge in [0, 0.05) is 24.8 Å². The van der Waals surface area contributed by atoms with Crippen LogP contribution in [0.15, 0.2) is 24.3 Å². The van der Waals surface area contributed by atoms with Gasteiger partial charge in [-0.1, -0.05) is 12.1 Å². The van der Waals surface area contributed by atoms with Gasteiger partial charge < -0.3 is 15.2 Å². The van der Waals surface area contributed by atoms with E-state index in [1.54, 1.807) is 0 Å². The molecule has 2 fully saturated rings. The molecule has 1 aromatic carbocycles. The van der Waals surface area contributed by atoms with E-state index >= 15 is 0 Å². The summed E-state index contributed by atoms with van der Waals surface area (Å²) >= 11 is 0. The van der Waals surface area contributed by atoms with Crippen LogP contribution in [0.1, 0.15) is 57.9 Å². The zero-order chi connectivity index (χ0) is 20.3. The Balaban J connectivity index is 1.44. The minimum absolute atomic E-state index is 0.0836. The number of amides is 2. The van der Waals surface area contributed by atoms with Gasteiger partial charge in [-0.2, -0.15) is 0 Å². The lowest BCUT2D eigenvalue weighted by Gasteiger charge is -2.46. The first-order valence-corrected chi connectivity index (χ1v) is 10.0. The van der Waals surface area contributed by atoms with Crippen LogP contribution in [0.4, 0.5) is 15.3 Å². The van der Waals surface area contributed by atoms with Crippen LogP contribution in [0.5, 0.6) is 0 Å². The van der Waals surface area contributed by atoms with Gasteiger partial charge in [0.2, 0.25) is 0 Å². The molecule has 1 saturated heterocycles. The van der Waals surface area contributed by atoms with Crippen molar-refractivity contribution in [3.05, 3.63) is 29.8 Å². The monoisotopic (exact) mass is 389 g/mol. The topological polar surface area (TPSA) is 90.9 Å². The number of carboxylic acid groups (broad SMARTS) is 1. The number of carbonyl (C=O) groups excluding carboxylic acids is 1. The maximum atomic E-state index is 11.9. The van der Waals surface area contributed by atoms with Crippen molar-refractivity contribution in [3.8, 4) is 0 Å². The first-order valence-electron chi connectivity index (χ1n) is 10.0. The van der Waals surface area contributed by atoms with Crippen molar-refractivity contribution in [2.75, 3.05) is 18.4 Å². The van der Waals surface area contributed by atoms with Crippen LogP contribution in [-0.2, 0) is 4.74 Å². The number of hydrogen-bond acceptors (Lipinski definition) is 4. The molecule has 3 rings (SSSR count). The van der Waals surface area contributed by atoms with Gasteiger partial charge in [0.1, 0.15) is 5.60 Å². The second kappa shape index (κ2) is 8.39. The third kappa shape index (κ3) is 5.61. The average Bonchev–Trinajstić information content (AvgIpc) is 2.57. The summed E-state index contributed by atoms with van der Waals surface area (Å²) in [6, 6.07) is 8.70. The summed E-state index contributed by atoms with van der Waals surface area (Å²) in [7, 11) is 0. The molecular weight excluding hydrogens is 358 g/mol. The predicted molar refractivity (Wildman–Crippen MR) is 108 cm³/mol. The molecule has 0 atom stereocenters. The molecular formula is C21H31N3O4. The van der Waals surface area contributed by atoms with Crippen molar-refractivity contribution < 1.29 is 19.4 Å². The van der Waals surface area contributed by atoms with Crippen molar-refractivity contribution in [1.29, 1.82) is 0 Å². The van der Waals surface area contributed by atoms with Crippen LogP contribution in [0.2, 0.25) is 0 Å². The van der Waals surface area contributed by atoms with Crippen molar-refractivity contribution in [2.45, 2.75) is 70.1 Å². The molecule has 7 nitrogen and oxygen atoms in total. The number of anilines is 1. The molecule has 1 aromatic rings.